The molecule has 2 rings (SSSR count). The first-order valence-corrected chi connectivity index (χ1v) is 8.39. The molecule has 1 unspecified atom stereocenters. The molecule has 21 heavy (non-hydrogen) atoms. The quantitative estimate of drug-likeness (QED) is 0.945. The molecular formula is C16H17FO3S. The molecule has 2 aromatic rings. The maximum Gasteiger partial charge on any atom is 0.175 e. The monoisotopic (exact) mass is 308 g/mol. The van der Waals surface area contributed by atoms with Crippen LogP contribution in [0.2, 0.25) is 0 Å². The zero-order chi connectivity index (χ0) is 15.6. The van der Waals surface area contributed by atoms with Gasteiger partial charge in [0.25, 0.3) is 0 Å². The standard InChI is InChI=1S/C16H17FO3S/c1-11-9-14(17)6-3-13(11)10-16(18)12-4-7-15(8-5-12)21(2,19)20/h3-9,16,18H,10H2,1-2H3. The zero-order valence-electron chi connectivity index (χ0n) is 11.9. The number of aliphatic hydroxyl groups is 1. The molecule has 1 N–H and O–H groups in total. The van der Waals surface area contributed by atoms with Crippen molar-refractivity contribution in [3.05, 3.63) is 65.0 Å². The lowest BCUT2D eigenvalue weighted by Gasteiger charge is -2.13. The first kappa shape index (κ1) is 15.7. The fraction of sp³-hybridized carbons (Fsp3) is 0.250. The molecule has 0 spiro atoms. The van der Waals surface area contributed by atoms with Crippen LogP contribution in [-0.4, -0.2) is 19.8 Å². The Bertz CT molecular complexity index is 737. The molecule has 0 saturated heterocycles. The third-order valence-corrected chi connectivity index (χ3v) is 4.54. The zero-order valence-corrected chi connectivity index (χ0v) is 12.7. The summed E-state index contributed by atoms with van der Waals surface area (Å²) >= 11 is 0. The molecule has 0 aliphatic rings. The van der Waals surface area contributed by atoms with Gasteiger partial charge < -0.3 is 5.11 Å². The minimum atomic E-state index is -3.24. The van der Waals surface area contributed by atoms with Gasteiger partial charge in [-0.1, -0.05) is 18.2 Å². The summed E-state index contributed by atoms with van der Waals surface area (Å²) in [5, 5.41) is 10.2. The van der Waals surface area contributed by atoms with Crippen molar-refractivity contribution in [2.45, 2.75) is 24.3 Å². The highest BCUT2D eigenvalue weighted by atomic mass is 32.2. The smallest absolute Gasteiger partial charge is 0.175 e. The topological polar surface area (TPSA) is 54.4 Å². The highest BCUT2D eigenvalue weighted by Crippen LogP contribution is 2.22. The van der Waals surface area contributed by atoms with Crippen LogP contribution in [0, 0.1) is 12.7 Å². The van der Waals surface area contributed by atoms with Gasteiger partial charge in [0, 0.05) is 12.7 Å². The number of aliphatic hydroxyl groups excluding tert-OH is 1. The van der Waals surface area contributed by atoms with Crippen molar-refractivity contribution >= 4 is 9.84 Å². The lowest BCUT2D eigenvalue weighted by atomic mass is 9.98. The van der Waals surface area contributed by atoms with E-state index >= 15 is 0 Å². The number of rotatable bonds is 4. The Morgan fingerprint density at radius 3 is 2.29 bits per heavy atom. The third-order valence-electron chi connectivity index (χ3n) is 3.41. The number of aryl methyl sites for hydroxylation is 1. The van der Waals surface area contributed by atoms with Crippen LogP contribution in [0.3, 0.4) is 0 Å². The second-order valence-corrected chi connectivity index (χ2v) is 7.15. The van der Waals surface area contributed by atoms with Crippen LogP contribution in [0.25, 0.3) is 0 Å². The van der Waals surface area contributed by atoms with Crippen LogP contribution in [0.1, 0.15) is 22.8 Å². The molecule has 0 aliphatic carbocycles. The lowest BCUT2D eigenvalue weighted by molar-refractivity contribution is 0.178. The Balaban J connectivity index is 2.18. The Morgan fingerprint density at radius 1 is 1.14 bits per heavy atom. The number of hydrogen-bond donors (Lipinski definition) is 1. The van der Waals surface area contributed by atoms with E-state index in [0.717, 1.165) is 17.4 Å². The van der Waals surface area contributed by atoms with Crippen LogP contribution < -0.4 is 0 Å². The fourth-order valence-electron chi connectivity index (χ4n) is 2.15. The maximum absolute atomic E-state index is 13.0. The van der Waals surface area contributed by atoms with Gasteiger partial charge in [-0.3, -0.25) is 0 Å². The molecule has 0 aromatic heterocycles. The van der Waals surface area contributed by atoms with Gasteiger partial charge in [-0.2, -0.15) is 0 Å². The average Bonchev–Trinajstić information content (AvgIpc) is 2.41. The number of benzene rings is 2. The van der Waals surface area contributed by atoms with Gasteiger partial charge in [0.1, 0.15) is 5.82 Å². The molecule has 0 bridgehead atoms. The van der Waals surface area contributed by atoms with E-state index in [1.807, 2.05) is 0 Å². The molecule has 0 saturated carbocycles. The molecule has 112 valence electrons. The van der Waals surface area contributed by atoms with E-state index < -0.39 is 15.9 Å². The van der Waals surface area contributed by atoms with E-state index in [1.54, 1.807) is 25.1 Å². The van der Waals surface area contributed by atoms with Crippen molar-refractivity contribution in [2.75, 3.05) is 6.26 Å². The highest BCUT2D eigenvalue weighted by Gasteiger charge is 2.12. The minimum absolute atomic E-state index is 0.219. The van der Waals surface area contributed by atoms with Crippen LogP contribution in [-0.2, 0) is 16.3 Å². The Hall–Kier alpha value is -1.72. The first-order chi connectivity index (χ1) is 9.77. The van der Waals surface area contributed by atoms with Gasteiger partial charge in [-0.25, -0.2) is 12.8 Å². The Kier molecular flexibility index (Phi) is 4.44. The predicted octanol–water partition coefficient (Wildman–Crippen LogP) is 2.81. The molecule has 3 nitrogen and oxygen atoms in total. The van der Waals surface area contributed by atoms with E-state index in [4.69, 9.17) is 0 Å². The lowest BCUT2D eigenvalue weighted by Crippen LogP contribution is -2.04. The summed E-state index contributed by atoms with van der Waals surface area (Å²) in [6.07, 6.45) is 0.729. The van der Waals surface area contributed by atoms with E-state index in [2.05, 4.69) is 0 Å². The van der Waals surface area contributed by atoms with Crippen LogP contribution in [0.4, 0.5) is 4.39 Å². The summed E-state index contributed by atoms with van der Waals surface area (Å²) < 4.78 is 35.8. The summed E-state index contributed by atoms with van der Waals surface area (Å²) in [7, 11) is -3.24. The third kappa shape index (κ3) is 3.89. The Morgan fingerprint density at radius 2 is 1.76 bits per heavy atom. The SMILES string of the molecule is Cc1cc(F)ccc1CC(O)c1ccc(S(C)(=O)=O)cc1. The van der Waals surface area contributed by atoms with Crippen LogP contribution >= 0.6 is 0 Å². The average molecular weight is 308 g/mol. The van der Waals surface area contributed by atoms with E-state index in [-0.39, 0.29) is 10.7 Å². The van der Waals surface area contributed by atoms with E-state index in [0.29, 0.717) is 12.0 Å². The molecular weight excluding hydrogens is 291 g/mol. The summed E-state index contributed by atoms with van der Waals surface area (Å²) in [5.74, 6) is -0.303. The molecule has 0 amide bonds. The van der Waals surface area contributed by atoms with Gasteiger partial charge >= 0.3 is 0 Å². The van der Waals surface area contributed by atoms with Crippen molar-refractivity contribution in [3.8, 4) is 0 Å². The molecule has 5 heteroatoms. The van der Waals surface area contributed by atoms with Crippen molar-refractivity contribution in [2.24, 2.45) is 0 Å². The first-order valence-electron chi connectivity index (χ1n) is 6.50. The molecule has 0 fully saturated rings. The van der Waals surface area contributed by atoms with Gasteiger partial charge in [0.05, 0.1) is 11.0 Å². The molecule has 2 aromatic carbocycles. The largest absolute Gasteiger partial charge is 0.388 e. The van der Waals surface area contributed by atoms with Crippen LogP contribution in [0.15, 0.2) is 47.4 Å². The second-order valence-electron chi connectivity index (χ2n) is 5.13. The summed E-state index contributed by atoms with van der Waals surface area (Å²) in [6.45, 7) is 1.79. The highest BCUT2D eigenvalue weighted by molar-refractivity contribution is 7.90. The second kappa shape index (κ2) is 5.95. The summed E-state index contributed by atoms with van der Waals surface area (Å²) in [4.78, 5) is 0.219. The van der Waals surface area contributed by atoms with Crippen molar-refractivity contribution < 1.29 is 17.9 Å². The normalized spacial score (nSPS) is 13.1. The summed E-state index contributed by atoms with van der Waals surface area (Å²) in [6, 6.07) is 10.6. The molecule has 0 radical (unpaired) electrons. The van der Waals surface area contributed by atoms with E-state index in [1.165, 1.54) is 24.3 Å². The fourth-order valence-corrected chi connectivity index (χ4v) is 2.78. The minimum Gasteiger partial charge on any atom is -0.388 e. The van der Waals surface area contributed by atoms with Gasteiger partial charge in [-0.05, 0) is 47.9 Å². The van der Waals surface area contributed by atoms with Crippen molar-refractivity contribution in [1.82, 2.24) is 0 Å². The molecule has 0 heterocycles. The number of halogens is 1. The van der Waals surface area contributed by atoms with Crippen molar-refractivity contribution in [3.63, 3.8) is 0 Å². The Labute approximate surface area is 124 Å². The maximum atomic E-state index is 13.0. The van der Waals surface area contributed by atoms with Crippen molar-refractivity contribution in [1.29, 1.82) is 0 Å². The van der Waals surface area contributed by atoms with Gasteiger partial charge in [0.15, 0.2) is 9.84 Å². The summed E-state index contributed by atoms with van der Waals surface area (Å²) in [5.41, 5.74) is 2.27. The number of hydrogen-bond acceptors (Lipinski definition) is 3. The predicted molar refractivity (Wildman–Crippen MR) is 79.4 cm³/mol. The molecule has 0 aliphatic heterocycles. The van der Waals surface area contributed by atoms with E-state index in [9.17, 15) is 17.9 Å². The number of sulfone groups is 1. The van der Waals surface area contributed by atoms with Crippen LogP contribution in [0.5, 0.6) is 0 Å². The molecule has 1 atom stereocenters. The van der Waals surface area contributed by atoms with Gasteiger partial charge in [-0.15, -0.1) is 0 Å². The van der Waals surface area contributed by atoms with Gasteiger partial charge in [0.2, 0.25) is 0 Å².